The highest BCUT2D eigenvalue weighted by molar-refractivity contribution is 14.1. The van der Waals surface area contributed by atoms with E-state index >= 15 is 0 Å². The van der Waals surface area contributed by atoms with Crippen LogP contribution in [-0.2, 0) is 6.61 Å². The summed E-state index contributed by atoms with van der Waals surface area (Å²) >= 11 is 8.01. The van der Waals surface area contributed by atoms with Gasteiger partial charge in [-0.25, -0.2) is 0 Å². The second kappa shape index (κ2) is 6.13. The third-order valence-corrected chi connectivity index (χ3v) is 3.51. The summed E-state index contributed by atoms with van der Waals surface area (Å²) in [5.74, 6) is 0.597. The highest BCUT2D eigenvalue weighted by atomic mass is 127. The minimum Gasteiger partial charge on any atom is -0.486 e. The van der Waals surface area contributed by atoms with Crippen molar-refractivity contribution >= 4 is 39.9 Å². The Labute approximate surface area is 130 Å². The molecule has 2 aromatic rings. The maximum Gasteiger partial charge on any atom is 0.156 e. The van der Waals surface area contributed by atoms with Gasteiger partial charge in [-0.2, -0.15) is 5.26 Å². The molecule has 0 aliphatic heterocycles. The molecule has 0 amide bonds. The van der Waals surface area contributed by atoms with E-state index in [-0.39, 0.29) is 0 Å². The molecule has 2 rings (SSSR count). The summed E-state index contributed by atoms with van der Waals surface area (Å²) in [6, 6.07) is 12.9. The second-order valence-corrected chi connectivity index (χ2v) is 5.51. The number of nitrogens with two attached hydrogens (primary N) is 1. The van der Waals surface area contributed by atoms with Crippen LogP contribution in [0.3, 0.4) is 0 Å². The van der Waals surface area contributed by atoms with E-state index in [1.54, 1.807) is 12.1 Å². The Balaban J connectivity index is 2.18. The number of nitrogens with zero attached hydrogens (tertiary/aromatic N) is 1. The summed E-state index contributed by atoms with van der Waals surface area (Å²) in [5, 5.41) is 9.52. The number of nitriles is 1. The molecule has 0 spiro atoms. The Hall–Kier alpha value is -1.45. The summed E-state index contributed by atoms with van der Waals surface area (Å²) in [4.78, 5) is 0. The van der Waals surface area contributed by atoms with Gasteiger partial charge in [0.25, 0.3) is 0 Å². The van der Waals surface area contributed by atoms with E-state index < -0.39 is 0 Å². The van der Waals surface area contributed by atoms with Gasteiger partial charge < -0.3 is 10.5 Å². The van der Waals surface area contributed by atoms with Crippen LogP contribution in [-0.4, -0.2) is 0 Å². The van der Waals surface area contributed by atoms with Crippen LogP contribution in [0.25, 0.3) is 0 Å². The third-order valence-electron chi connectivity index (χ3n) is 2.47. The van der Waals surface area contributed by atoms with E-state index in [1.807, 2.05) is 24.3 Å². The van der Waals surface area contributed by atoms with Gasteiger partial charge in [0.2, 0.25) is 0 Å². The van der Waals surface area contributed by atoms with E-state index in [4.69, 9.17) is 27.3 Å². The zero-order chi connectivity index (χ0) is 13.8. The number of hydrogen-bond acceptors (Lipinski definition) is 3. The van der Waals surface area contributed by atoms with Crippen molar-refractivity contribution in [2.24, 2.45) is 0 Å². The number of nitrogen functional groups attached to an aromatic ring is 1. The van der Waals surface area contributed by atoms with Crippen molar-refractivity contribution in [2.75, 3.05) is 5.73 Å². The first-order chi connectivity index (χ1) is 9.10. The number of halogens is 2. The Morgan fingerprint density at radius 3 is 2.74 bits per heavy atom. The van der Waals surface area contributed by atoms with Crippen molar-refractivity contribution in [1.29, 1.82) is 5.26 Å². The normalized spacial score (nSPS) is 9.95. The maximum atomic E-state index is 8.85. The van der Waals surface area contributed by atoms with Gasteiger partial charge in [-0.1, -0.05) is 23.7 Å². The van der Waals surface area contributed by atoms with Crippen LogP contribution in [0, 0.1) is 14.9 Å². The number of benzene rings is 2. The van der Waals surface area contributed by atoms with Crippen LogP contribution in [0.4, 0.5) is 5.69 Å². The molecule has 2 N–H and O–H groups in total. The van der Waals surface area contributed by atoms with E-state index in [1.165, 1.54) is 0 Å². The van der Waals surface area contributed by atoms with E-state index in [9.17, 15) is 0 Å². The van der Waals surface area contributed by atoms with Crippen molar-refractivity contribution in [1.82, 2.24) is 0 Å². The summed E-state index contributed by atoms with van der Waals surface area (Å²) in [6.45, 7) is 0.382. The minimum absolute atomic E-state index is 0.382. The maximum absolute atomic E-state index is 8.85. The molecule has 96 valence electrons. The minimum atomic E-state index is 0.382. The van der Waals surface area contributed by atoms with Crippen LogP contribution in [0.2, 0.25) is 5.02 Å². The zero-order valence-electron chi connectivity index (χ0n) is 9.86. The van der Waals surface area contributed by atoms with Crippen molar-refractivity contribution in [3.05, 3.63) is 56.1 Å². The van der Waals surface area contributed by atoms with Crippen LogP contribution < -0.4 is 10.5 Å². The van der Waals surface area contributed by atoms with Crippen LogP contribution >= 0.6 is 34.2 Å². The van der Waals surface area contributed by atoms with Gasteiger partial charge in [-0.05, 0) is 52.4 Å². The molecule has 0 saturated carbocycles. The lowest BCUT2D eigenvalue weighted by molar-refractivity contribution is 0.306. The van der Waals surface area contributed by atoms with E-state index in [0.29, 0.717) is 28.6 Å². The second-order valence-electron chi connectivity index (χ2n) is 3.91. The van der Waals surface area contributed by atoms with Gasteiger partial charge in [0.05, 0.1) is 20.9 Å². The van der Waals surface area contributed by atoms with Gasteiger partial charge >= 0.3 is 0 Å². The Morgan fingerprint density at radius 2 is 2.11 bits per heavy atom. The molecule has 5 heteroatoms. The topological polar surface area (TPSA) is 59.0 Å². The van der Waals surface area contributed by atoms with Crippen molar-refractivity contribution in [3.8, 4) is 11.8 Å². The molecule has 0 saturated heterocycles. The molecule has 19 heavy (non-hydrogen) atoms. The highest BCUT2D eigenvalue weighted by Gasteiger charge is 2.08. The van der Waals surface area contributed by atoms with E-state index in [0.717, 1.165) is 9.13 Å². The van der Waals surface area contributed by atoms with Gasteiger partial charge in [0.1, 0.15) is 6.61 Å². The molecular weight excluding hydrogens is 375 g/mol. The molecule has 0 unspecified atom stereocenters. The fraction of sp³-hybridized carbons (Fsp3) is 0.0714. The fourth-order valence-corrected chi connectivity index (χ4v) is 2.63. The number of hydrogen-bond donors (Lipinski definition) is 1. The molecule has 0 fully saturated rings. The Bertz CT molecular complexity index is 629. The molecular formula is C14H10ClIN2O. The molecule has 0 heterocycles. The fourth-order valence-electron chi connectivity index (χ4n) is 1.61. The molecule has 0 aliphatic rings. The van der Waals surface area contributed by atoms with Crippen LogP contribution in [0.1, 0.15) is 11.1 Å². The quantitative estimate of drug-likeness (QED) is 0.643. The largest absolute Gasteiger partial charge is 0.486 e. The first kappa shape index (κ1) is 14.0. The van der Waals surface area contributed by atoms with Crippen molar-refractivity contribution in [3.63, 3.8) is 0 Å². The van der Waals surface area contributed by atoms with Gasteiger partial charge in [-0.15, -0.1) is 0 Å². The zero-order valence-corrected chi connectivity index (χ0v) is 12.8. The van der Waals surface area contributed by atoms with Crippen LogP contribution in [0.5, 0.6) is 5.75 Å². The molecule has 0 atom stereocenters. The third kappa shape index (κ3) is 3.52. The summed E-state index contributed by atoms with van der Waals surface area (Å²) in [7, 11) is 0. The molecule has 0 aromatic heterocycles. The first-order valence-electron chi connectivity index (χ1n) is 5.46. The van der Waals surface area contributed by atoms with Crippen molar-refractivity contribution in [2.45, 2.75) is 6.61 Å². The molecule has 0 aliphatic carbocycles. The van der Waals surface area contributed by atoms with Crippen LogP contribution in [0.15, 0.2) is 36.4 Å². The van der Waals surface area contributed by atoms with Gasteiger partial charge in [0.15, 0.2) is 5.75 Å². The lowest BCUT2D eigenvalue weighted by Crippen LogP contribution is -2.01. The van der Waals surface area contributed by atoms with Gasteiger partial charge in [-0.3, -0.25) is 0 Å². The number of ether oxygens (including phenoxy) is 1. The lowest BCUT2D eigenvalue weighted by Gasteiger charge is -2.11. The summed E-state index contributed by atoms with van der Waals surface area (Å²) in [6.07, 6.45) is 0. The summed E-state index contributed by atoms with van der Waals surface area (Å²) < 4.78 is 6.52. The first-order valence-corrected chi connectivity index (χ1v) is 6.92. The van der Waals surface area contributed by atoms with Crippen molar-refractivity contribution < 1.29 is 4.74 Å². The Morgan fingerprint density at radius 1 is 1.32 bits per heavy atom. The predicted molar refractivity (Wildman–Crippen MR) is 84.1 cm³/mol. The monoisotopic (exact) mass is 384 g/mol. The molecule has 0 radical (unpaired) electrons. The smallest absolute Gasteiger partial charge is 0.156 e. The molecule has 3 nitrogen and oxygen atoms in total. The number of rotatable bonds is 3. The Kier molecular flexibility index (Phi) is 4.51. The predicted octanol–water partition coefficient (Wildman–Crippen LogP) is 3.98. The van der Waals surface area contributed by atoms with E-state index in [2.05, 4.69) is 28.7 Å². The van der Waals surface area contributed by atoms with Gasteiger partial charge in [0, 0.05) is 5.02 Å². The highest BCUT2D eigenvalue weighted by Crippen LogP contribution is 2.30. The standard InChI is InChI=1S/C14H10ClIN2O/c15-11-3-1-2-9(4-11)8-19-14-12(16)5-10(7-17)6-13(14)18/h1-6H,8,18H2. The lowest BCUT2D eigenvalue weighted by atomic mass is 10.2. The molecule has 2 aromatic carbocycles. The number of anilines is 1. The summed E-state index contributed by atoms with van der Waals surface area (Å²) in [5.41, 5.74) is 7.84. The average molecular weight is 385 g/mol. The average Bonchev–Trinajstić information content (AvgIpc) is 2.37. The SMILES string of the molecule is N#Cc1cc(N)c(OCc2cccc(Cl)c2)c(I)c1. The molecule has 0 bridgehead atoms.